The third-order valence-corrected chi connectivity index (χ3v) is 5.29. The van der Waals surface area contributed by atoms with Gasteiger partial charge in [-0.25, -0.2) is 0 Å². The van der Waals surface area contributed by atoms with Crippen molar-refractivity contribution in [2.45, 2.75) is 55.7 Å². The van der Waals surface area contributed by atoms with Crippen molar-refractivity contribution in [3.05, 3.63) is 41.5 Å². The monoisotopic (exact) mass is 409 g/mol. The number of thioether (sulfide) groups is 1. The summed E-state index contributed by atoms with van der Waals surface area (Å²) in [4.78, 5) is 4.23. The Hall–Kier alpha value is -2.36. The average Bonchev–Trinajstić information content (AvgIpc) is 3.22. The number of hydrogen-bond acceptors (Lipinski definition) is 6. The fourth-order valence-corrected chi connectivity index (χ4v) is 3.70. The highest BCUT2D eigenvalue weighted by atomic mass is 32.2. The van der Waals surface area contributed by atoms with E-state index in [1.165, 1.54) is 23.9 Å². The summed E-state index contributed by atoms with van der Waals surface area (Å²) in [6.45, 7) is 4.16. The minimum Gasteiger partial charge on any atom is -0.338 e. The number of alkyl halides is 3. The quantitative estimate of drug-likeness (QED) is 0.528. The van der Waals surface area contributed by atoms with Gasteiger partial charge < -0.3 is 9.09 Å². The number of halogens is 3. The number of nitrogens with zero attached hydrogens (tertiary/aromatic N) is 5. The molecule has 6 nitrogen and oxygen atoms in total. The largest absolute Gasteiger partial charge is 0.416 e. The first-order valence-electron chi connectivity index (χ1n) is 8.90. The van der Waals surface area contributed by atoms with Gasteiger partial charge in [0.05, 0.1) is 11.3 Å². The second-order valence-electron chi connectivity index (χ2n) is 6.98. The van der Waals surface area contributed by atoms with E-state index in [9.17, 15) is 13.2 Å². The molecule has 1 aliphatic carbocycles. The first-order chi connectivity index (χ1) is 13.3. The van der Waals surface area contributed by atoms with Crippen molar-refractivity contribution in [3.8, 4) is 11.4 Å². The summed E-state index contributed by atoms with van der Waals surface area (Å²) in [7, 11) is 0. The van der Waals surface area contributed by atoms with Gasteiger partial charge in [-0.2, -0.15) is 18.2 Å². The van der Waals surface area contributed by atoms with Crippen molar-refractivity contribution in [1.29, 1.82) is 0 Å². The van der Waals surface area contributed by atoms with E-state index in [4.69, 9.17) is 4.52 Å². The van der Waals surface area contributed by atoms with Crippen LogP contribution in [-0.4, -0.2) is 24.9 Å². The maximum absolute atomic E-state index is 12.9. The van der Waals surface area contributed by atoms with Crippen LogP contribution >= 0.6 is 11.8 Å². The van der Waals surface area contributed by atoms with Crippen LogP contribution < -0.4 is 0 Å². The second-order valence-corrected chi connectivity index (χ2v) is 7.92. The molecule has 0 aliphatic heterocycles. The van der Waals surface area contributed by atoms with Crippen molar-refractivity contribution in [1.82, 2.24) is 24.9 Å². The number of hydrogen-bond donors (Lipinski definition) is 0. The highest BCUT2D eigenvalue weighted by Crippen LogP contribution is 2.40. The molecule has 0 unspecified atom stereocenters. The molecule has 10 heteroatoms. The average molecular weight is 409 g/mol. The lowest BCUT2D eigenvalue weighted by molar-refractivity contribution is -0.137. The van der Waals surface area contributed by atoms with Gasteiger partial charge in [-0.15, -0.1) is 10.2 Å². The highest BCUT2D eigenvalue weighted by Gasteiger charge is 2.31. The summed E-state index contributed by atoms with van der Waals surface area (Å²) < 4.78 is 46.0. The number of benzene rings is 1. The number of aromatic nitrogens is 5. The van der Waals surface area contributed by atoms with Gasteiger partial charge in [0.1, 0.15) is 5.82 Å². The van der Waals surface area contributed by atoms with E-state index in [1.807, 2.05) is 0 Å². The van der Waals surface area contributed by atoms with Crippen LogP contribution in [-0.2, 0) is 11.9 Å². The van der Waals surface area contributed by atoms with Gasteiger partial charge in [0.15, 0.2) is 5.16 Å². The lowest BCUT2D eigenvalue weighted by atomic mass is 10.1. The van der Waals surface area contributed by atoms with Gasteiger partial charge in [-0.1, -0.05) is 42.9 Å². The van der Waals surface area contributed by atoms with Crippen LogP contribution in [0, 0.1) is 0 Å². The molecule has 0 saturated heterocycles. The summed E-state index contributed by atoms with van der Waals surface area (Å²) >= 11 is 1.44. The van der Waals surface area contributed by atoms with Crippen LogP contribution in [0.3, 0.4) is 0 Å². The third kappa shape index (κ3) is 3.91. The molecule has 28 heavy (non-hydrogen) atoms. The van der Waals surface area contributed by atoms with Gasteiger partial charge in [-0.3, -0.25) is 0 Å². The molecule has 0 bridgehead atoms. The Labute approximate surface area is 163 Å². The van der Waals surface area contributed by atoms with Crippen molar-refractivity contribution >= 4 is 11.8 Å². The van der Waals surface area contributed by atoms with E-state index in [2.05, 4.69) is 38.8 Å². The van der Waals surface area contributed by atoms with E-state index in [1.54, 1.807) is 0 Å². The fourth-order valence-electron chi connectivity index (χ4n) is 2.85. The molecule has 3 aromatic rings. The van der Waals surface area contributed by atoms with Gasteiger partial charge in [-0.05, 0) is 25.0 Å². The molecule has 0 atom stereocenters. The molecule has 4 rings (SSSR count). The van der Waals surface area contributed by atoms with E-state index >= 15 is 0 Å². The maximum Gasteiger partial charge on any atom is 0.416 e. The Morgan fingerprint density at radius 3 is 2.71 bits per heavy atom. The van der Waals surface area contributed by atoms with Gasteiger partial charge in [0.25, 0.3) is 0 Å². The van der Waals surface area contributed by atoms with Crippen LogP contribution in [0.15, 0.2) is 33.9 Å². The van der Waals surface area contributed by atoms with Gasteiger partial charge in [0.2, 0.25) is 11.7 Å². The summed E-state index contributed by atoms with van der Waals surface area (Å²) in [6, 6.07) is 5.32. The zero-order chi connectivity index (χ0) is 19.9. The minimum atomic E-state index is -4.42. The van der Waals surface area contributed by atoms with Gasteiger partial charge in [0, 0.05) is 17.5 Å². The van der Waals surface area contributed by atoms with Crippen LogP contribution in [0.5, 0.6) is 0 Å². The summed E-state index contributed by atoms with van der Waals surface area (Å²) in [6.07, 6.45) is -2.18. The molecule has 0 radical (unpaired) electrons. The molecular formula is C18H18F3N5OS. The summed E-state index contributed by atoms with van der Waals surface area (Å²) in [5.74, 6) is 2.06. The van der Waals surface area contributed by atoms with Crippen molar-refractivity contribution in [2.24, 2.45) is 0 Å². The molecule has 2 heterocycles. The fraction of sp³-hybridized carbons (Fsp3) is 0.444. The summed E-state index contributed by atoms with van der Waals surface area (Å²) in [5.41, 5.74) is -0.484. The Bertz CT molecular complexity index is 978. The van der Waals surface area contributed by atoms with E-state index in [0.717, 1.165) is 36.0 Å². The normalized spacial score (nSPS) is 14.8. The van der Waals surface area contributed by atoms with Crippen molar-refractivity contribution in [2.75, 3.05) is 0 Å². The Balaban J connectivity index is 1.49. The standard InChI is InChI=1S/C18H18F3N5OS/c1-10(2)16-23-24-17(26(16)13-6-7-13)28-9-14-22-15(25-27-14)11-4-3-5-12(8-11)18(19,20)21/h3-5,8,10,13H,6-7,9H2,1-2H3. The molecule has 1 fully saturated rings. The molecule has 2 aromatic heterocycles. The predicted octanol–water partition coefficient (Wildman–Crippen LogP) is 5.10. The Morgan fingerprint density at radius 1 is 1.25 bits per heavy atom. The zero-order valence-electron chi connectivity index (χ0n) is 15.3. The molecule has 0 amide bonds. The van der Waals surface area contributed by atoms with Gasteiger partial charge >= 0.3 is 6.18 Å². The Morgan fingerprint density at radius 2 is 2.04 bits per heavy atom. The third-order valence-electron chi connectivity index (χ3n) is 4.36. The van der Waals surface area contributed by atoms with Crippen molar-refractivity contribution < 1.29 is 17.7 Å². The van der Waals surface area contributed by atoms with Crippen LogP contribution in [0.2, 0.25) is 0 Å². The lowest BCUT2D eigenvalue weighted by Gasteiger charge is -2.09. The first kappa shape index (κ1) is 19.0. The molecule has 148 valence electrons. The molecule has 1 aromatic carbocycles. The van der Waals surface area contributed by atoms with Crippen LogP contribution in [0.4, 0.5) is 13.2 Å². The molecule has 0 spiro atoms. The number of rotatable bonds is 6. The second kappa shape index (κ2) is 7.23. The predicted molar refractivity (Wildman–Crippen MR) is 96.7 cm³/mol. The molecule has 0 N–H and O–H groups in total. The van der Waals surface area contributed by atoms with Crippen LogP contribution in [0.25, 0.3) is 11.4 Å². The molecule has 1 saturated carbocycles. The highest BCUT2D eigenvalue weighted by molar-refractivity contribution is 7.98. The van der Waals surface area contributed by atoms with E-state index in [0.29, 0.717) is 17.7 Å². The SMILES string of the molecule is CC(C)c1nnc(SCc2nc(-c3cccc(C(F)(F)F)c3)no2)n1C1CC1. The maximum atomic E-state index is 12.9. The topological polar surface area (TPSA) is 69.6 Å². The lowest BCUT2D eigenvalue weighted by Crippen LogP contribution is -2.04. The summed E-state index contributed by atoms with van der Waals surface area (Å²) in [5, 5.41) is 13.2. The minimum absolute atomic E-state index is 0.133. The Kier molecular flexibility index (Phi) is 4.90. The first-order valence-corrected chi connectivity index (χ1v) is 9.89. The smallest absolute Gasteiger partial charge is 0.338 e. The van der Waals surface area contributed by atoms with E-state index in [-0.39, 0.29) is 17.3 Å². The van der Waals surface area contributed by atoms with Crippen LogP contribution in [0.1, 0.15) is 55.9 Å². The van der Waals surface area contributed by atoms with E-state index < -0.39 is 11.7 Å². The van der Waals surface area contributed by atoms with Crippen molar-refractivity contribution in [3.63, 3.8) is 0 Å². The zero-order valence-corrected chi connectivity index (χ0v) is 16.1. The molecule has 1 aliphatic rings. The molecular weight excluding hydrogens is 391 g/mol.